The Hall–Kier alpha value is -0.584. The van der Waals surface area contributed by atoms with Crippen molar-refractivity contribution in [2.24, 2.45) is 0 Å². The van der Waals surface area contributed by atoms with E-state index >= 15 is 0 Å². The fraction of sp³-hybridized carbons (Fsp3) is 0. The molecule has 2 rings (SSSR count). The number of aromatic nitrogens is 2. The van der Waals surface area contributed by atoms with E-state index in [0.717, 1.165) is 4.68 Å². The summed E-state index contributed by atoms with van der Waals surface area (Å²) in [7, 11) is 0. The van der Waals surface area contributed by atoms with Gasteiger partial charge >= 0.3 is 51.4 Å². The summed E-state index contributed by atoms with van der Waals surface area (Å²) in [6, 6.07) is 3.71. The number of hydrogen-bond donors (Lipinski definition) is 1. The normalized spacial score (nSPS) is 9.88. The van der Waals surface area contributed by atoms with Crippen molar-refractivity contribution in [1.29, 1.82) is 0 Å². The summed E-state index contributed by atoms with van der Waals surface area (Å²) in [6.07, 6.45) is 0. The molecule has 0 saturated carbocycles. The Bertz CT molecular complexity index is 657. The van der Waals surface area contributed by atoms with Crippen LogP contribution in [0, 0.1) is 10.1 Å². The summed E-state index contributed by atoms with van der Waals surface area (Å²) >= 11 is 4.73. The van der Waals surface area contributed by atoms with Crippen LogP contribution in [0.1, 0.15) is 0 Å². The van der Waals surface area contributed by atoms with Crippen LogP contribution in [0.25, 0.3) is 10.9 Å². The zero-order chi connectivity index (χ0) is 11.9. The third kappa shape index (κ3) is 2.64. The van der Waals surface area contributed by atoms with Gasteiger partial charge in [-0.05, 0) is 6.07 Å². The van der Waals surface area contributed by atoms with Gasteiger partial charge in [0.05, 0.1) is 15.8 Å². The number of fused-ring (bicyclic) bond motifs is 1. The maximum atomic E-state index is 11.6. The minimum atomic E-state index is -0.571. The Labute approximate surface area is 143 Å². The fourth-order valence-corrected chi connectivity index (χ4v) is 1.46. The zero-order valence-electron chi connectivity index (χ0n) is 8.78. The van der Waals surface area contributed by atoms with Gasteiger partial charge in [-0.1, -0.05) is 0 Å². The van der Waals surface area contributed by atoms with Crippen molar-refractivity contribution < 1.29 is 56.3 Å². The number of rotatable bonds is 1. The van der Waals surface area contributed by atoms with Gasteiger partial charge < -0.3 is 18.5 Å². The molecule has 0 fully saturated rings. The topological polar surface area (TPSA) is 104 Å². The molecular weight excluding hydrogens is 271 g/mol. The third-order valence-electron chi connectivity index (χ3n) is 2.06. The number of nitrogens with two attached hydrogens (primary N) is 1. The molecule has 1 heterocycles. The van der Waals surface area contributed by atoms with E-state index in [1.165, 1.54) is 18.2 Å². The van der Waals surface area contributed by atoms with Crippen LogP contribution in [-0.2, 0) is 12.6 Å². The first-order valence-corrected chi connectivity index (χ1v) is 4.55. The van der Waals surface area contributed by atoms with Gasteiger partial charge in [-0.15, -0.1) is 0 Å². The Morgan fingerprint density at radius 2 is 2.12 bits per heavy atom. The number of nitro groups is 1. The predicted molar refractivity (Wildman–Crippen MR) is 58.4 cm³/mol. The standard InChI is InChI=1S/C8H6N4O3S.K/c9-11-7(13)5-2-1-4(12(14)15)3-6(5)10-8(11)16;/h1-3H,9H2,(H,10,16);/q;+1/p-1. The Morgan fingerprint density at radius 3 is 2.71 bits per heavy atom. The molecule has 1 aromatic heterocycles. The molecule has 0 saturated heterocycles. The predicted octanol–water partition coefficient (Wildman–Crippen LogP) is -3.07. The molecule has 0 atom stereocenters. The van der Waals surface area contributed by atoms with Crippen molar-refractivity contribution in [2.45, 2.75) is 5.16 Å². The molecule has 0 unspecified atom stereocenters. The molecule has 7 nitrogen and oxygen atoms in total. The van der Waals surface area contributed by atoms with E-state index in [9.17, 15) is 14.9 Å². The SMILES string of the molecule is Nn1c([S-])nc2cc([N+](=O)[O-])ccc2c1=O.[K+]. The van der Waals surface area contributed by atoms with Gasteiger partial charge in [-0.2, -0.15) is 0 Å². The first-order chi connectivity index (χ1) is 7.50. The number of nitrogen functional groups attached to an aromatic ring is 1. The smallest absolute Gasteiger partial charge is 0.740 e. The average Bonchev–Trinajstić information content (AvgIpc) is 2.25. The number of benzene rings is 1. The Balaban J connectivity index is 0.00000144. The van der Waals surface area contributed by atoms with E-state index in [1.54, 1.807) is 0 Å². The first-order valence-electron chi connectivity index (χ1n) is 4.14. The molecular formula is C8H5KN4O3S. The molecule has 9 heteroatoms. The van der Waals surface area contributed by atoms with Crippen molar-refractivity contribution in [2.75, 3.05) is 5.84 Å². The first kappa shape index (κ1) is 14.5. The van der Waals surface area contributed by atoms with E-state index in [4.69, 9.17) is 18.5 Å². The van der Waals surface area contributed by atoms with Crippen LogP contribution in [0.3, 0.4) is 0 Å². The van der Waals surface area contributed by atoms with E-state index in [0.29, 0.717) is 0 Å². The molecule has 0 radical (unpaired) electrons. The summed E-state index contributed by atoms with van der Waals surface area (Å²) in [6.45, 7) is 0. The zero-order valence-corrected chi connectivity index (χ0v) is 12.7. The number of hydrogen-bond acceptors (Lipinski definition) is 6. The van der Waals surface area contributed by atoms with Gasteiger partial charge in [0, 0.05) is 17.3 Å². The van der Waals surface area contributed by atoms with Crippen molar-refractivity contribution in [3.05, 3.63) is 38.7 Å². The summed E-state index contributed by atoms with van der Waals surface area (Å²) in [5.74, 6) is 5.35. The number of nitrogens with zero attached hydrogens (tertiary/aromatic N) is 3. The average molecular weight is 276 g/mol. The van der Waals surface area contributed by atoms with Crippen LogP contribution in [0.4, 0.5) is 5.69 Å². The molecule has 2 N–H and O–H groups in total. The second kappa shape index (κ2) is 5.37. The molecule has 0 spiro atoms. The number of non-ortho nitro benzene ring substituents is 1. The molecule has 82 valence electrons. The molecule has 17 heavy (non-hydrogen) atoms. The molecule has 0 amide bonds. The van der Waals surface area contributed by atoms with E-state index < -0.39 is 10.5 Å². The van der Waals surface area contributed by atoms with Crippen LogP contribution in [0.5, 0.6) is 0 Å². The van der Waals surface area contributed by atoms with Crippen LogP contribution < -0.4 is 62.8 Å². The van der Waals surface area contributed by atoms with Crippen LogP contribution in [0.15, 0.2) is 28.2 Å². The van der Waals surface area contributed by atoms with E-state index in [1.807, 2.05) is 0 Å². The Morgan fingerprint density at radius 1 is 1.47 bits per heavy atom. The van der Waals surface area contributed by atoms with E-state index in [2.05, 4.69) is 4.98 Å². The van der Waals surface area contributed by atoms with Crippen LogP contribution in [0.2, 0.25) is 0 Å². The van der Waals surface area contributed by atoms with Gasteiger partial charge in [0.1, 0.15) is 0 Å². The van der Waals surface area contributed by atoms with Crippen LogP contribution >= 0.6 is 0 Å². The summed E-state index contributed by atoms with van der Waals surface area (Å²) < 4.78 is 0.726. The second-order valence-electron chi connectivity index (χ2n) is 3.03. The van der Waals surface area contributed by atoms with Gasteiger partial charge in [0.2, 0.25) is 0 Å². The summed E-state index contributed by atoms with van der Waals surface area (Å²) in [5, 5.41) is 10.6. The van der Waals surface area contributed by atoms with E-state index in [-0.39, 0.29) is 73.1 Å². The molecule has 1 aromatic carbocycles. The van der Waals surface area contributed by atoms with Crippen molar-refractivity contribution in [3.63, 3.8) is 0 Å². The second-order valence-corrected chi connectivity index (χ2v) is 3.39. The van der Waals surface area contributed by atoms with Gasteiger partial charge in [0.15, 0.2) is 0 Å². The number of nitro benzene ring substituents is 1. The molecule has 0 bridgehead atoms. The van der Waals surface area contributed by atoms with Crippen molar-refractivity contribution in [3.8, 4) is 0 Å². The monoisotopic (exact) mass is 276 g/mol. The fourth-order valence-electron chi connectivity index (χ4n) is 1.28. The minimum absolute atomic E-state index is 0. The largest absolute Gasteiger partial charge is 1.00 e. The summed E-state index contributed by atoms with van der Waals surface area (Å²) in [4.78, 5) is 25.4. The van der Waals surface area contributed by atoms with Gasteiger partial charge in [0.25, 0.3) is 11.2 Å². The Kier molecular flexibility index (Phi) is 4.58. The summed E-state index contributed by atoms with van der Waals surface area (Å²) in [5.41, 5.74) is -0.501. The third-order valence-corrected chi connectivity index (χ3v) is 2.35. The van der Waals surface area contributed by atoms with Gasteiger partial charge in [-0.25, -0.2) is 4.68 Å². The van der Waals surface area contributed by atoms with Crippen molar-refractivity contribution >= 4 is 29.2 Å². The molecule has 0 aliphatic heterocycles. The van der Waals surface area contributed by atoms with Crippen molar-refractivity contribution in [1.82, 2.24) is 9.66 Å². The molecule has 0 aliphatic rings. The van der Waals surface area contributed by atoms with Gasteiger partial charge in [-0.3, -0.25) is 19.9 Å². The quantitative estimate of drug-likeness (QED) is 0.148. The molecule has 2 aromatic rings. The molecule has 0 aliphatic carbocycles. The minimum Gasteiger partial charge on any atom is -0.740 e. The maximum Gasteiger partial charge on any atom is 1.00 e. The van der Waals surface area contributed by atoms with Crippen LogP contribution in [-0.4, -0.2) is 14.6 Å². The maximum absolute atomic E-state index is 11.6.